The summed E-state index contributed by atoms with van der Waals surface area (Å²) < 4.78 is 6.95. The van der Waals surface area contributed by atoms with Gasteiger partial charge in [0.1, 0.15) is 17.8 Å². The van der Waals surface area contributed by atoms with Gasteiger partial charge in [0.2, 0.25) is 5.91 Å². The summed E-state index contributed by atoms with van der Waals surface area (Å²) in [5.41, 5.74) is 2.18. The highest BCUT2D eigenvalue weighted by Crippen LogP contribution is 2.16. The molecule has 26 heavy (non-hydrogen) atoms. The number of aromatic nitrogens is 3. The first-order valence-electron chi connectivity index (χ1n) is 8.04. The maximum atomic E-state index is 12.2. The third kappa shape index (κ3) is 4.15. The lowest BCUT2D eigenvalue weighted by Crippen LogP contribution is -2.27. The predicted molar refractivity (Wildman–Crippen MR) is 96.8 cm³/mol. The largest absolute Gasteiger partial charge is 0.484 e. The van der Waals surface area contributed by atoms with Gasteiger partial charge in [0, 0.05) is 19.8 Å². The van der Waals surface area contributed by atoms with Gasteiger partial charge in [-0.25, -0.2) is 4.68 Å². The molecule has 2 amide bonds. The van der Waals surface area contributed by atoms with Crippen LogP contribution in [0, 0.1) is 0 Å². The predicted octanol–water partition coefficient (Wildman–Crippen LogP) is 1.54. The Labute approximate surface area is 150 Å². The van der Waals surface area contributed by atoms with Gasteiger partial charge in [-0.15, -0.1) is 5.10 Å². The first-order valence-corrected chi connectivity index (χ1v) is 8.04. The summed E-state index contributed by atoms with van der Waals surface area (Å²) in [6, 6.07) is 14.3. The molecule has 0 saturated heterocycles. The van der Waals surface area contributed by atoms with E-state index < -0.39 is 0 Å². The third-order valence-electron chi connectivity index (χ3n) is 3.71. The number of hydrogen-bond donors (Lipinski definition) is 1. The molecule has 3 aromatic rings. The van der Waals surface area contributed by atoms with Crippen molar-refractivity contribution in [2.24, 2.45) is 0 Å². The Morgan fingerprint density at radius 3 is 2.58 bits per heavy atom. The molecule has 0 aliphatic rings. The fourth-order valence-corrected chi connectivity index (χ4v) is 2.28. The summed E-state index contributed by atoms with van der Waals surface area (Å²) in [5, 5.41) is 10.8. The number of hydrogen-bond acceptors (Lipinski definition) is 5. The minimum atomic E-state index is -0.211. The normalized spacial score (nSPS) is 10.5. The van der Waals surface area contributed by atoms with E-state index in [2.05, 4.69) is 15.6 Å². The van der Waals surface area contributed by atoms with E-state index in [9.17, 15) is 9.59 Å². The molecule has 1 heterocycles. The Morgan fingerprint density at radius 1 is 1.12 bits per heavy atom. The highest BCUT2D eigenvalue weighted by atomic mass is 16.5. The number of nitrogens with one attached hydrogen (secondary N) is 1. The topological polar surface area (TPSA) is 89.4 Å². The number of amides is 2. The number of anilines is 1. The van der Waals surface area contributed by atoms with Gasteiger partial charge < -0.3 is 15.0 Å². The third-order valence-corrected chi connectivity index (χ3v) is 3.71. The van der Waals surface area contributed by atoms with Crippen molar-refractivity contribution in [1.29, 1.82) is 0 Å². The summed E-state index contributed by atoms with van der Waals surface area (Å²) in [4.78, 5) is 25.2. The fraction of sp³-hybridized carbons (Fsp3) is 0.222. The number of ether oxygens (including phenoxy) is 1. The first-order chi connectivity index (χ1) is 12.5. The Kier molecular flexibility index (Phi) is 5.12. The van der Waals surface area contributed by atoms with E-state index in [1.54, 1.807) is 43.0 Å². The number of likely N-dealkylation sites (N-methyl/N-ethyl adjacent to an activating group) is 1. The lowest BCUT2D eigenvalue weighted by Gasteiger charge is -2.11. The van der Waals surface area contributed by atoms with E-state index in [1.165, 1.54) is 4.90 Å². The van der Waals surface area contributed by atoms with Crippen molar-refractivity contribution >= 4 is 28.5 Å². The van der Waals surface area contributed by atoms with Crippen molar-refractivity contribution in [3.8, 4) is 5.75 Å². The molecule has 0 spiro atoms. The molecule has 8 nitrogen and oxygen atoms in total. The average molecular weight is 353 g/mol. The molecule has 1 N–H and O–H groups in total. The van der Waals surface area contributed by atoms with Crippen molar-refractivity contribution < 1.29 is 14.3 Å². The molecule has 0 aliphatic heterocycles. The molecular weight excluding hydrogens is 334 g/mol. The van der Waals surface area contributed by atoms with Crippen LogP contribution in [0.15, 0.2) is 48.5 Å². The van der Waals surface area contributed by atoms with Crippen LogP contribution in [0.3, 0.4) is 0 Å². The molecule has 0 radical (unpaired) electrons. The Hall–Kier alpha value is -3.42. The van der Waals surface area contributed by atoms with Crippen molar-refractivity contribution in [2.75, 3.05) is 26.0 Å². The van der Waals surface area contributed by atoms with Crippen LogP contribution >= 0.6 is 0 Å². The van der Waals surface area contributed by atoms with Crippen LogP contribution < -0.4 is 10.1 Å². The van der Waals surface area contributed by atoms with Crippen LogP contribution in [-0.4, -0.2) is 52.4 Å². The monoisotopic (exact) mass is 353 g/mol. The molecule has 2 aromatic carbocycles. The van der Waals surface area contributed by atoms with Crippen molar-refractivity contribution in [3.05, 3.63) is 48.5 Å². The van der Waals surface area contributed by atoms with Crippen molar-refractivity contribution in [2.45, 2.75) is 6.54 Å². The van der Waals surface area contributed by atoms with Gasteiger partial charge in [0.15, 0.2) is 6.61 Å². The summed E-state index contributed by atoms with van der Waals surface area (Å²) in [6.45, 7) is 0.0359. The molecule has 0 aliphatic carbocycles. The zero-order valence-corrected chi connectivity index (χ0v) is 14.5. The zero-order chi connectivity index (χ0) is 18.5. The summed E-state index contributed by atoms with van der Waals surface area (Å²) in [5.74, 6) is 0.222. The Morgan fingerprint density at radius 2 is 1.85 bits per heavy atom. The summed E-state index contributed by atoms with van der Waals surface area (Å²) in [6.07, 6.45) is 0. The van der Waals surface area contributed by atoms with Crippen LogP contribution in [0.2, 0.25) is 0 Å². The maximum absolute atomic E-state index is 12.2. The second kappa shape index (κ2) is 7.64. The van der Waals surface area contributed by atoms with Gasteiger partial charge in [0.25, 0.3) is 5.91 Å². The second-order valence-corrected chi connectivity index (χ2v) is 5.89. The number of para-hydroxylation sites is 1. The van der Waals surface area contributed by atoms with Crippen LogP contribution in [-0.2, 0) is 16.1 Å². The second-order valence-electron chi connectivity index (χ2n) is 5.89. The highest BCUT2D eigenvalue weighted by molar-refractivity contribution is 5.91. The van der Waals surface area contributed by atoms with Gasteiger partial charge in [-0.1, -0.05) is 17.3 Å². The van der Waals surface area contributed by atoms with E-state index in [4.69, 9.17) is 4.74 Å². The van der Waals surface area contributed by atoms with E-state index in [-0.39, 0.29) is 25.0 Å². The van der Waals surface area contributed by atoms with Gasteiger partial charge >= 0.3 is 0 Å². The average Bonchev–Trinajstić information content (AvgIpc) is 3.03. The number of rotatable bonds is 6. The molecule has 3 rings (SSSR count). The van der Waals surface area contributed by atoms with Gasteiger partial charge in [0.05, 0.1) is 5.52 Å². The van der Waals surface area contributed by atoms with Crippen LogP contribution in [0.25, 0.3) is 11.0 Å². The lowest BCUT2D eigenvalue weighted by molar-refractivity contribution is -0.130. The maximum Gasteiger partial charge on any atom is 0.259 e. The quantitative estimate of drug-likeness (QED) is 0.726. The molecule has 0 atom stereocenters. The highest BCUT2D eigenvalue weighted by Gasteiger charge is 2.09. The number of carbonyl (C=O) groups is 2. The van der Waals surface area contributed by atoms with E-state index in [0.717, 1.165) is 11.0 Å². The summed E-state index contributed by atoms with van der Waals surface area (Å²) in [7, 11) is 3.34. The van der Waals surface area contributed by atoms with E-state index in [1.807, 2.05) is 24.3 Å². The van der Waals surface area contributed by atoms with Gasteiger partial charge in [-0.3, -0.25) is 9.59 Å². The van der Waals surface area contributed by atoms with Gasteiger partial charge in [-0.2, -0.15) is 0 Å². The lowest BCUT2D eigenvalue weighted by atomic mass is 10.3. The molecule has 0 unspecified atom stereocenters. The Bertz CT molecular complexity index is 918. The minimum absolute atomic E-state index is 0.0297. The standard InChI is InChI=1S/C18H19N5O3/c1-22(2)18(25)12-26-14-9-7-13(8-10-14)19-17(24)11-23-16-6-4-3-5-15(16)20-21-23/h3-10H,11-12H2,1-2H3,(H,19,24). The van der Waals surface area contributed by atoms with Crippen molar-refractivity contribution in [3.63, 3.8) is 0 Å². The molecule has 0 saturated carbocycles. The number of benzene rings is 2. The molecule has 134 valence electrons. The fourth-order valence-electron chi connectivity index (χ4n) is 2.28. The van der Waals surface area contributed by atoms with Crippen LogP contribution in [0.1, 0.15) is 0 Å². The number of nitrogens with zero attached hydrogens (tertiary/aromatic N) is 4. The van der Waals surface area contributed by atoms with Crippen LogP contribution in [0.5, 0.6) is 5.75 Å². The molecule has 0 fully saturated rings. The van der Waals surface area contributed by atoms with E-state index in [0.29, 0.717) is 11.4 Å². The summed E-state index contributed by atoms with van der Waals surface area (Å²) >= 11 is 0. The molecule has 1 aromatic heterocycles. The molecule has 8 heteroatoms. The number of fused-ring (bicyclic) bond motifs is 1. The van der Waals surface area contributed by atoms with Crippen molar-refractivity contribution in [1.82, 2.24) is 19.9 Å². The minimum Gasteiger partial charge on any atom is -0.484 e. The molecular formula is C18H19N5O3. The Balaban J connectivity index is 1.57. The molecule has 0 bridgehead atoms. The number of carbonyl (C=O) groups excluding carboxylic acids is 2. The van der Waals surface area contributed by atoms with E-state index >= 15 is 0 Å². The SMILES string of the molecule is CN(C)C(=O)COc1ccc(NC(=O)Cn2nnc3ccccc32)cc1. The van der Waals surface area contributed by atoms with Crippen LogP contribution in [0.4, 0.5) is 5.69 Å². The zero-order valence-electron chi connectivity index (χ0n) is 14.5. The first kappa shape index (κ1) is 17.4. The smallest absolute Gasteiger partial charge is 0.259 e. The van der Waals surface area contributed by atoms with Gasteiger partial charge in [-0.05, 0) is 36.4 Å².